The molecule has 0 aliphatic heterocycles. The number of benzene rings is 2. The van der Waals surface area contributed by atoms with Gasteiger partial charge >= 0.3 is 0 Å². The Hall–Kier alpha value is -2.14. The van der Waals surface area contributed by atoms with Crippen molar-refractivity contribution in [2.24, 2.45) is 0 Å². The summed E-state index contributed by atoms with van der Waals surface area (Å²) in [4.78, 5) is 12.8. The normalized spacial score (nSPS) is 15.7. The Morgan fingerprint density at radius 2 is 1.56 bits per heavy atom. The number of hydrogen-bond donors (Lipinski definition) is 1. The molecule has 4 nitrogen and oxygen atoms in total. The lowest BCUT2D eigenvalue weighted by Gasteiger charge is -2.23. The smallest absolute Gasteiger partial charge is 0.252 e. The van der Waals surface area contributed by atoms with Gasteiger partial charge in [-0.2, -0.15) is 0 Å². The first-order valence-corrected chi connectivity index (χ1v) is 10.4. The maximum atomic E-state index is 12.8. The summed E-state index contributed by atoms with van der Waals surface area (Å²) >= 11 is 0. The third-order valence-corrected chi connectivity index (χ3v) is 6.35. The molecule has 0 unspecified atom stereocenters. The Morgan fingerprint density at radius 1 is 0.920 bits per heavy atom. The van der Waals surface area contributed by atoms with Crippen LogP contribution in [0.4, 0.5) is 0 Å². The highest BCUT2D eigenvalue weighted by Gasteiger charge is 2.24. The van der Waals surface area contributed by atoms with E-state index in [-0.39, 0.29) is 28.2 Å². The van der Waals surface area contributed by atoms with Crippen LogP contribution in [0.3, 0.4) is 0 Å². The Labute approximate surface area is 149 Å². The molecule has 2 aromatic carbocycles. The number of rotatable bonds is 5. The van der Waals surface area contributed by atoms with Crippen LogP contribution in [0, 0.1) is 0 Å². The van der Waals surface area contributed by atoms with Gasteiger partial charge < -0.3 is 5.32 Å². The van der Waals surface area contributed by atoms with Gasteiger partial charge in [0.1, 0.15) is 0 Å². The number of carbonyl (C=O) groups excluding carboxylic acids is 1. The van der Waals surface area contributed by atoms with E-state index in [1.165, 1.54) is 12.5 Å². The fraction of sp³-hybridized carbons (Fsp3) is 0.350. The molecule has 0 radical (unpaired) electrons. The first kappa shape index (κ1) is 17.7. The largest absolute Gasteiger partial charge is 0.349 e. The van der Waals surface area contributed by atoms with Gasteiger partial charge in [-0.1, -0.05) is 61.7 Å². The summed E-state index contributed by atoms with van der Waals surface area (Å²) < 4.78 is 25.7. The molecule has 1 fully saturated rings. The van der Waals surface area contributed by atoms with E-state index in [1.54, 1.807) is 30.3 Å². The first-order chi connectivity index (χ1) is 12.1. The van der Waals surface area contributed by atoms with E-state index in [0.717, 1.165) is 25.7 Å². The van der Waals surface area contributed by atoms with E-state index < -0.39 is 9.84 Å². The van der Waals surface area contributed by atoms with Gasteiger partial charge in [0.15, 0.2) is 9.84 Å². The summed E-state index contributed by atoms with van der Waals surface area (Å²) in [6, 6.07) is 15.7. The predicted octanol–water partition coefficient (Wildman–Crippen LogP) is 3.72. The van der Waals surface area contributed by atoms with Crippen molar-refractivity contribution < 1.29 is 13.2 Å². The van der Waals surface area contributed by atoms with Crippen molar-refractivity contribution in [1.82, 2.24) is 5.32 Å². The molecule has 0 heterocycles. The van der Waals surface area contributed by atoms with E-state index in [4.69, 9.17) is 0 Å². The number of hydrogen-bond acceptors (Lipinski definition) is 3. The van der Waals surface area contributed by atoms with Crippen LogP contribution in [0.5, 0.6) is 0 Å². The van der Waals surface area contributed by atoms with E-state index >= 15 is 0 Å². The summed E-state index contributed by atoms with van der Waals surface area (Å²) in [7, 11) is -3.59. The molecule has 0 saturated heterocycles. The monoisotopic (exact) mass is 357 g/mol. The molecule has 25 heavy (non-hydrogen) atoms. The van der Waals surface area contributed by atoms with Gasteiger partial charge in [0.25, 0.3) is 5.91 Å². The first-order valence-electron chi connectivity index (χ1n) is 8.73. The van der Waals surface area contributed by atoms with E-state index in [0.29, 0.717) is 5.56 Å². The second-order valence-electron chi connectivity index (χ2n) is 6.55. The van der Waals surface area contributed by atoms with Crippen molar-refractivity contribution in [2.75, 3.05) is 0 Å². The Kier molecular flexibility index (Phi) is 5.53. The molecule has 1 aliphatic rings. The number of amides is 1. The average molecular weight is 357 g/mol. The summed E-state index contributed by atoms with van der Waals surface area (Å²) in [5.74, 6) is -0.402. The van der Waals surface area contributed by atoms with Crippen LogP contribution in [0.25, 0.3) is 0 Å². The molecule has 1 amide bonds. The molecule has 0 atom stereocenters. The fourth-order valence-electron chi connectivity index (χ4n) is 3.31. The summed E-state index contributed by atoms with van der Waals surface area (Å²) in [5.41, 5.74) is 0.953. The van der Waals surface area contributed by atoms with E-state index in [2.05, 4.69) is 5.32 Å². The van der Waals surface area contributed by atoms with E-state index in [9.17, 15) is 13.2 Å². The minimum atomic E-state index is -3.59. The second-order valence-corrected chi connectivity index (χ2v) is 8.51. The maximum Gasteiger partial charge on any atom is 0.252 e. The van der Waals surface area contributed by atoms with Gasteiger partial charge in [-0.3, -0.25) is 4.79 Å². The van der Waals surface area contributed by atoms with Gasteiger partial charge in [-0.25, -0.2) is 8.42 Å². The van der Waals surface area contributed by atoms with Gasteiger partial charge in [-0.15, -0.1) is 0 Å². The third-order valence-electron chi connectivity index (χ3n) is 4.61. The highest BCUT2D eigenvalue weighted by molar-refractivity contribution is 7.90. The fourth-order valence-corrected chi connectivity index (χ4v) is 4.88. The molecule has 1 aliphatic carbocycles. The molecule has 3 rings (SSSR count). The minimum Gasteiger partial charge on any atom is -0.349 e. The van der Waals surface area contributed by atoms with Gasteiger partial charge in [0, 0.05) is 6.04 Å². The Bertz CT molecular complexity index is 825. The molecule has 132 valence electrons. The molecular formula is C20H23NO3S. The molecule has 1 N–H and O–H groups in total. The van der Waals surface area contributed by atoms with Crippen LogP contribution in [-0.4, -0.2) is 20.4 Å². The van der Waals surface area contributed by atoms with Crippen molar-refractivity contribution in [3.8, 4) is 0 Å². The highest BCUT2D eigenvalue weighted by Crippen LogP contribution is 2.22. The van der Waals surface area contributed by atoms with Gasteiger partial charge in [0.05, 0.1) is 16.2 Å². The summed E-state index contributed by atoms with van der Waals surface area (Å²) in [6.07, 6.45) is 5.35. The van der Waals surface area contributed by atoms with Crippen LogP contribution in [-0.2, 0) is 15.6 Å². The maximum absolute atomic E-state index is 12.8. The molecule has 0 aromatic heterocycles. The SMILES string of the molecule is O=C(NC1CCCCC1)c1ccccc1S(=O)(=O)Cc1ccccc1. The van der Waals surface area contributed by atoms with Crippen LogP contribution in [0.15, 0.2) is 59.5 Å². The Balaban J connectivity index is 1.83. The standard InChI is InChI=1S/C20H23NO3S/c22-20(21-17-11-5-2-6-12-17)18-13-7-8-14-19(18)25(23,24)15-16-9-3-1-4-10-16/h1,3-4,7-10,13-14,17H,2,5-6,11-12,15H2,(H,21,22). The third kappa shape index (κ3) is 4.48. The molecule has 2 aromatic rings. The summed E-state index contributed by atoms with van der Waals surface area (Å²) in [5, 5.41) is 3.01. The highest BCUT2D eigenvalue weighted by atomic mass is 32.2. The van der Waals surface area contributed by atoms with Crippen molar-refractivity contribution in [3.05, 3.63) is 65.7 Å². The van der Waals surface area contributed by atoms with Crippen LogP contribution < -0.4 is 5.32 Å². The van der Waals surface area contributed by atoms with Gasteiger partial charge in [-0.05, 0) is 30.5 Å². The lowest BCUT2D eigenvalue weighted by atomic mass is 9.95. The van der Waals surface area contributed by atoms with Crippen molar-refractivity contribution in [1.29, 1.82) is 0 Å². The zero-order valence-corrected chi connectivity index (χ0v) is 15.0. The molecule has 0 bridgehead atoms. The lowest BCUT2D eigenvalue weighted by Crippen LogP contribution is -2.36. The molecule has 1 saturated carbocycles. The number of carbonyl (C=O) groups is 1. The molecular weight excluding hydrogens is 334 g/mol. The van der Waals surface area contributed by atoms with E-state index in [1.807, 2.05) is 18.2 Å². The summed E-state index contributed by atoms with van der Waals surface area (Å²) in [6.45, 7) is 0. The quantitative estimate of drug-likeness (QED) is 0.887. The second kappa shape index (κ2) is 7.83. The molecule has 0 spiro atoms. The van der Waals surface area contributed by atoms with Crippen molar-refractivity contribution in [2.45, 2.75) is 48.8 Å². The van der Waals surface area contributed by atoms with Crippen LogP contribution in [0.1, 0.15) is 48.0 Å². The number of nitrogens with one attached hydrogen (secondary N) is 1. The zero-order valence-electron chi connectivity index (χ0n) is 14.1. The van der Waals surface area contributed by atoms with Crippen LogP contribution >= 0.6 is 0 Å². The minimum absolute atomic E-state index is 0.104. The molecule has 5 heteroatoms. The van der Waals surface area contributed by atoms with Gasteiger partial charge in [0.2, 0.25) is 0 Å². The van der Waals surface area contributed by atoms with Crippen molar-refractivity contribution >= 4 is 15.7 Å². The zero-order chi connectivity index (χ0) is 17.7. The Morgan fingerprint density at radius 3 is 2.28 bits per heavy atom. The van der Waals surface area contributed by atoms with Crippen molar-refractivity contribution in [3.63, 3.8) is 0 Å². The number of sulfone groups is 1. The average Bonchev–Trinajstić information content (AvgIpc) is 2.63. The van der Waals surface area contributed by atoms with Crippen LogP contribution in [0.2, 0.25) is 0 Å². The topological polar surface area (TPSA) is 63.2 Å². The lowest BCUT2D eigenvalue weighted by molar-refractivity contribution is 0.0924. The predicted molar refractivity (Wildman–Crippen MR) is 98.1 cm³/mol.